The molecule has 1 saturated heterocycles. The largest absolute Gasteiger partial charge is 0.382 e. The van der Waals surface area contributed by atoms with Crippen molar-refractivity contribution in [2.24, 2.45) is 0 Å². The lowest BCUT2D eigenvalue weighted by atomic mass is 9.96. The van der Waals surface area contributed by atoms with Crippen LogP contribution in [0.25, 0.3) is 0 Å². The first-order chi connectivity index (χ1) is 6.12. The van der Waals surface area contributed by atoms with Gasteiger partial charge in [-0.3, -0.25) is 10.1 Å². The first-order valence-electron chi connectivity index (χ1n) is 3.80. The Kier molecular flexibility index (Phi) is 1.83. The van der Waals surface area contributed by atoms with Gasteiger partial charge in [0.25, 0.3) is 0 Å². The highest BCUT2D eigenvalue weighted by Crippen LogP contribution is 2.34. The molecule has 0 spiro atoms. The zero-order valence-electron chi connectivity index (χ0n) is 6.69. The molecule has 0 aromatic carbocycles. The predicted molar refractivity (Wildman–Crippen MR) is 47.7 cm³/mol. The fourth-order valence-electron chi connectivity index (χ4n) is 1.21. The normalized spacial score (nSPS) is 19.5. The van der Waals surface area contributed by atoms with Crippen molar-refractivity contribution in [3.63, 3.8) is 0 Å². The molecule has 6 heteroatoms. The first-order valence-corrected chi connectivity index (χ1v) is 4.61. The summed E-state index contributed by atoms with van der Waals surface area (Å²) in [5.74, 6) is 0. The third kappa shape index (κ3) is 1.32. The van der Waals surface area contributed by atoms with Crippen LogP contribution in [0.5, 0.6) is 0 Å². The molecule has 70 valence electrons. The average molecular weight is 200 g/mol. The molecule has 0 unspecified atom stereocenters. The molecular formula is C7H8N2O3S. The third-order valence-electron chi connectivity index (χ3n) is 2.07. The highest BCUT2D eigenvalue weighted by atomic mass is 32.1. The van der Waals surface area contributed by atoms with Crippen molar-refractivity contribution in [3.8, 4) is 0 Å². The van der Waals surface area contributed by atoms with E-state index in [1.807, 2.05) is 0 Å². The van der Waals surface area contributed by atoms with E-state index in [0.717, 1.165) is 11.3 Å². The maximum atomic E-state index is 10.4. The van der Waals surface area contributed by atoms with E-state index in [1.165, 1.54) is 6.07 Å². The summed E-state index contributed by atoms with van der Waals surface area (Å²) in [5, 5.41) is 23.2. The number of hydrogen-bond acceptors (Lipinski definition) is 5. The van der Waals surface area contributed by atoms with Gasteiger partial charge in [-0.15, -0.1) is 0 Å². The van der Waals surface area contributed by atoms with Crippen LogP contribution in [0, 0.1) is 10.1 Å². The minimum Gasteiger partial charge on any atom is -0.382 e. The van der Waals surface area contributed by atoms with Crippen LogP contribution in [0.2, 0.25) is 0 Å². The van der Waals surface area contributed by atoms with Crippen molar-refractivity contribution in [1.82, 2.24) is 5.32 Å². The molecule has 2 heterocycles. The lowest BCUT2D eigenvalue weighted by Gasteiger charge is -2.36. The second-order valence-corrected chi connectivity index (χ2v) is 4.09. The molecule has 0 saturated carbocycles. The SMILES string of the molecule is O=[N+]([O-])c1ccc(C2(O)CNC2)s1. The molecule has 2 N–H and O–H groups in total. The van der Waals surface area contributed by atoms with Crippen LogP contribution in [-0.4, -0.2) is 23.1 Å². The summed E-state index contributed by atoms with van der Waals surface area (Å²) >= 11 is 1.03. The number of β-amino-alcohol motifs (C(OH)–C–C–N with tert-alkyl or cyclic N) is 1. The van der Waals surface area contributed by atoms with Gasteiger partial charge in [0.05, 0.1) is 4.92 Å². The molecule has 1 aliphatic heterocycles. The van der Waals surface area contributed by atoms with Crippen LogP contribution in [0.15, 0.2) is 12.1 Å². The van der Waals surface area contributed by atoms with Crippen molar-refractivity contribution in [1.29, 1.82) is 0 Å². The lowest BCUT2D eigenvalue weighted by molar-refractivity contribution is -0.380. The van der Waals surface area contributed by atoms with Crippen molar-refractivity contribution < 1.29 is 10.0 Å². The Bertz CT molecular complexity index is 345. The maximum Gasteiger partial charge on any atom is 0.324 e. The fourth-order valence-corrected chi connectivity index (χ4v) is 2.12. The molecule has 1 aliphatic rings. The van der Waals surface area contributed by atoms with Crippen molar-refractivity contribution in [2.45, 2.75) is 5.60 Å². The smallest absolute Gasteiger partial charge is 0.324 e. The van der Waals surface area contributed by atoms with Gasteiger partial charge in [-0.05, 0) is 6.07 Å². The zero-order valence-corrected chi connectivity index (χ0v) is 7.50. The molecule has 1 fully saturated rings. The summed E-state index contributed by atoms with van der Waals surface area (Å²) in [6.07, 6.45) is 0. The van der Waals surface area contributed by atoms with E-state index in [2.05, 4.69) is 5.32 Å². The summed E-state index contributed by atoms with van der Waals surface area (Å²) in [7, 11) is 0. The Morgan fingerprint density at radius 2 is 2.31 bits per heavy atom. The van der Waals surface area contributed by atoms with E-state index in [9.17, 15) is 15.2 Å². The van der Waals surface area contributed by atoms with E-state index < -0.39 is 10.5 Å². The minimum absolute atomic E-state index is 0.0790. The molecule has 2 rings (SSSR count). The summed E-state index contributed by atoms with van der Waals surface area (Å²) in [6.45, 7) is 0.954. The monoisotopic (exact) mass is 200 g/mol. The fraction of sp³-hybridized carbons (Fsp3) is 0.429. The molecule has 0 bridgehead atoms. The number of rotatable bonds is 2. The molecule has 1 aromatic rings. The standard InChI is InChI=1S/C7H8N2O3S/c10-7(3-8-4-7)5-1-2-6(13-5)9(11)12/h1-2,8,10H,3-4H2. The second-order valence-electron chi connectivity index (χ2n) is 3.03. The van der Waals surface area contributed by atoms with Crippen LogP contribution < -0.4 is 5.32 Å². The van der Waals surface area contributed by atoms with Crippen molar-refractivity contribution in [3.05, 3.63) is 27.1 Å². The van der Waals surface area contributed by atoms with Gasteiger partial charge in [0, 0.05) is 24.0 Å². The molecule has 13 heavy (non-hydrogen) atoms. The Hall–Kier alpha value is -0.980. The van der Waals surface area contributed by atoms with Crippen molar-refractivity contribution >= 4 is 16.3 Å². The summed E-state index contributed by atoms with van der Waals surface area (Å²) in [5.41, 5.74) is -0.876. The van der Waals surface area contributed by atoms with Gasteiger partial charge in [0.15, 0.2) is 0 Å². The highest BCUT2D eigenvalue weighted by Gasteiger charge is 2.38. The Morgan fingerprint density at radius 1 is 1.62 bits per heavy atom. The molecule has 0 radical (unpaired) electrons. The van der Waals surface area contributed by atoms with Crippen LogP contribution in [-0.2, 0) is 5.60 Å². The maximum absolute atomic E-state index is 10.4. The summed E-state index contributed by atoms with van der Waals surface area (Å²) < 4.78 is 0. The number of nitrogens with one attached hydrogen (secondary N) is 1. The number of thiophene rings is 1. The average Bonchev–Trinajstić information content (AvgIpc) is 2.48. The van der Waals surface area contributed by atoms with E-state index in [4.69, 9.17) is 0 Å². The molecule has 0 aliphatic carbocycles. The van der Waals surface area contributed by atoms with E-state index in [-0.39, 0.29) is 5.00 Å². The lowest BCUT2D eigenvalue weighted by Crippen LogP contribution is -2.56. The minimum atomic E-state index is -0.876. The number of nitrogens with zero attached hydrogens (tertiary/aromatic N) is 1. The van der Waals surface area contributed by atoms with Gasteiger partial charge in [0.1, 0.15) is 5.60 Å². The highest BCUT2D eigenvalue weighted by molar-refractivity contribution is 7.15. The van der Waals surface area contributed by atoms with E-state index >= 15 is 0 Å². The van der Waals surface area contributed by atoms with Gasteiger partial charge in [-0.25, -0.2) is 0 Å². The van der Waals surface area contributed by atoms with Gasteiger partial charge in [0.2, 0.25) is 0 Å². The topological polar surface area (TPSA) is 75.4 Å². The van der Waals surface area contributed by atoms with E-state index in [1.54, 1.807) is 6.07 Å². The Labute approximate surface area is 78.2 Å². The Morgan fingerprint density at radius 3 is 2.69 bits per heavy atom. The summed E-state index contributed by atoms with van der Waals surface area (Å²) in [4.78, 5) is 10.6. The van der Waals surface area contributed by atoms with Gasteiger partial charge in [-0.1, -0.05) is 11.3 Å². The third-order valence-corrected chi connectivity index (χ3v) is 3.30. The Balaban J connectivity index is 2.27. The summed E-state index contributed by atoms with van der Waals surface area (Å²) in [6, 6.07) is 3.04. The quantitative estimate of drug-likeness (QED) is 0.536. The molecular weight excluding hydrogens is 192 g/mol. The van der Waals surface area contributed by atoms with Crippen molar-refractivity contribution in [2.75, 3.05) is 13.1 Å². The number of hydrogen-bond donors (Lipinski definition) is 2. The van der Waals surface area contributed by atoms with Gasteiger partial charge >= 0.3 is 5.00 Å². The number of aliphatic hydroxyl groups is 1. The molecule has 1 aromatic heterocycles. The van der Waals surface area contributed by atoms with E-state index in [0.29, 0.717) is 18.0 Å². The molecule has 0 atom stereocenters. The van der Waals surface area contributed by atoms with Crippen LogP contribution >= 0.6 is 11.3 Å². The second kappa shape index (κ2) is 2.76. The van der Waals surface area contributed by atoms with Gasteiger partial charge < -0.3 is 10.4 Å². The predicted octanol–water partition coefficient (Wildman–Crippen LogP) is 0.447. The molecule has 5 nitrogen and oxygen atoms in total. The van der Waals surface area contributed by atoms with Crippen LogP contribution in [0.4, 0.5) is 5.00 Å². The zero-order chi connectivity index (χ0) is 9.47. The molecule has 0 amide bonds. The van der Waals surface area contributed by atoms with Gasteiger partial charge in [-0.2, -0.15) is 0 Å². The van der Waals surface area contributed by atoms with Crippen LogP contribution in [0.3, 0.4) is 0 Å². The first kappa shape index (κ1) is 8.61. The van der Waals surface area contributed by atoms with Crippen LogP contribution in [0.1, 0.15) is 4.88 Å². The number of nitro groups is 1.